The third kappa shape index (κ3) is 2.34. The molecule has 0 aliphatic rings. The maximum Gasteiger partial charge on any atom is 0.129 e. The quantitative estimate of drug-likeness (QED) is 0.546. The molecular weight excluding hydrogens is 359 g/mol. The molecule has 0 spiro atoms. The van der Waals surface area contributed by atoms with Crippen LogP contribution in [0.1, 0.15) is 11.4 Å². The number of halogens is 3. The summed E-state index contributed by atoms with van der Waals surface area (Å²) in [6, 6.07) is 11.9. The summed E-state index contributed by atoms with van der Waals surface area (Å²) in [5.74, 6) is 1.11. The number of aromatic nitrogens is 2. The van der Waals surface area contributed by atoms with Gasteiger partial charge < -0.3 is 0 Å². The lowest BCUT2D eigenvalue weighted by Gasteiger charge is -2.10. The van der Waals surface area contributed by atoms with E-state index in [4.69, 9.17) is 23.2 Å². The van der Waals surface area contributed by atoms with Crippen LogP contribution in [0.25, 0.3) is 16.7 Å². The van der Waals surface area contributed by atoms with Gasteiger partial charge in [0, 0.05) is 4.47 Å². The number of rotatable bonds is 2. The van der Waals surface area contributed by atoms with Crippen molar-refractivity contribution in [2.75, 3.05) is 0 Å². The number of alkyl halides is 1. The summed E-state index contributed by atoms with van der Waals surface area (Å²) in [4.78, 5) is 4.57. The van der Waals surface area contributed by atoms with Crippen LogP contribution in [-0.4, -0.2) is 9.55 Å². The highest BCUT2D eigenvalue weighted by Crippen LogP contribution is 2.29. The number of imidazole rings is 1. The number of hydrogen-bond donors (Lipinski definition) is 0. The third-order valence-corrected chi connectivity index (χ3v) is 4.18. The van der Waals surface area contributed by atoms with E-state index in [0.29, 0.717) is 10.9 Å². The fraction of sp³-hybridized carbons (Fsp3) is 0.133. The van der Waals surface area contributed by atoms with Gasteiger partial charge in [-0.25, -0.2) is 4.98 Å². The topological polar surface area (TPSA) is 17.8 Å². The van der Waals surface area contributed by atoms with E-state index < -0.39 is 0 Å². The standard InChI is InChI=1S/C15H11BrCl2N2/c1-9-2-4-13(11(18)6-9)20-14-5-3-10(16)7-12(14)19-15(20)8-17/h2-7H,8H2,1H3. The Morgan fingerprint density at radius 2 is 2.00 bits per heavy atom. The van der Waals surface area contributed by atoms with E-state index in [1.165, 1.54) is 0 Å². The van der Waals surface area contributed by atoms with Crippen LogP contribution in [0.5, 0.6) is 0 Å². The monoisotopic (exact) mass is 368 g/mol. The molecule has 0 unspecified atom stereocenters. The van der Waals surface area contributed by atoms with Crippen LogP contribution in [0.4, 0.5) is 0 Å². The largest absolute Gasteiger partial charge is 0.294 e. The van der Waals surface area contributed by atoms with Crippen molar-refractivity contribution in [3.8, 4) is 5.69 Å². The molecule has 2 aromatic carbocycles. The summed E-state index contributed by atoms with van der Waals surface area (Å²) >= 11 is 15.9. The summed E-state index contributed by atoms with van der Waals surface area (Å²) < 4.78 is 3.00. The summed E-state index contributed by atoms with van der Waals surface area (Å²) in [7, 11) is 0. The van der Waals surface area contributed by atoms with Gasteiger partial charge in [-0.1, -0.05) is 33.6 Å². The van der Waals surface area contributed by atoms with Crippen molar-refractivity contribution in [1.29, 1.82) is 0 Å². The van der Waals surface area contributed by atoms with E-state index in [2.05, 4.69) is 20.9 Å². The lowest BCUT2D eigenvalue weighted by atomic mass is 10.2. The minimum atomic E-state index is 0.330. The van der Waals surface area contributed by atoms with E-state index in [1.807, 2.05) is 47.9 Å². The van der Waals surface area contributed by atoms with Gasteiger partial charge in [0.2, 0.25) is 0 Å². The van der Waals surface area contributed by atoms with E-state index in [1.54, 1.807) is 0 Å². The predicted molar refractivity (Wildman–Crippen MR) is 88.1 cm³/mol. The van der Waals surface area contributed by atoms with Gasteiger partial charge in [0.1, 0.15) is 5.82 Å². The minimum Gasteiger partial charge on any atom is -0.294 e. The zero-order valence-electron chi connectivity index (χ0n) is 10.7. The van der Waals surface area contributed by atoms with Gasteiger partial charge in [0.25, 0.3) is 0 Å². The van der Waals surface area contributed by atoms with Crippen molar-refractivity contribution in [3.05, 3.63) is 57.3 Å². The Bertz CT molecular complexity index is 796. The second kappa shape index (κ2) is 5.40. The summed E-state index contributed by atoms with van der Waals surface area (Å²) in [5, 5.41) is 0.693. The molecule has 0 fully saturated rings. The van der Waals surface area contributed by atoms with Gasteiger partial charge >= 0.3 is 0 Å². The van der Waals surface area contributed by atoms with Crippen LogP contribution in [0.3, 0.4) is 0 Å². The van der Waals surface area contributed by atoms with Gasteiger partial charge in [0.05, 0.1) is 27.6 Å². The molecule has 0 aliphatic heterocycles. The SMILES string of the molecule is Cc1ccc(-n2c(CCl)nc3cc(Br)ccc32)c(Cl)c1. The fourth-order valence-corrected chi connectivity index (χ4v) is 3.10. The van der Waals surface area contributed by atoms with E-state index in [-0.39, 0.29) is 0 Å². The summed E-state index contributed by atoms with van der Waals surface area (Å²) in [6.45, 7) is 2.02. The minimum absolute atomic E-state index is 0.330. The predicted octanol–water partition coefficient (Wildman–Crippen LogP) is 5.49. The van der Waals surface area contributed by atoms with Gasteiger partial charge in [-0.2, -0.15) is 0 Å². The molecule has 20 heavy (non-hydrogen) atoms. The van der Waals surface area contributed by atoms with Crippen molar-refractivity contribution in [3.63, 3.8) is 0 Å². The second-order valence-corrected chi connectivity index (χ2v) is 6.18. The average Bonchev–Trinajstić information content (AvgIpc) is 2.76. The number of benzene rings is 2. The molecule has 102 valence electrons. The van der Waals surface area contributed by atoms with Crippen LogP contribution >= 0.6 is 39.1 Å². The maximum absolute atomic E-state index is 6.38. The molecule has 1 aromatic heterocycles. The average molecular weight is 370 g/mol. The zero-order chi connectivity index (χ0) is 14.3. The Labute approximate surface area is 135 Å². The molecule has 0 amide bonds. The Hall–Kier alpha value is -1.03. The lowest BCUT2D eigenvalue weighted by molar-refractivity contribution is 0.981. The second-order valence-electron chi connectivity index (χ2n) is 4.58. The van der Waals surface area contributed by atoms with Crippen molar-refractivity contribution in [2.45, 2.75) is 12.8 Å². The number of aryl methyl sites for hydroxylation is 1. The Kier molecular flexibility index (Phi) is 3.76. The zero-order valence-corrected chi connectivity index (χ0v) is 13.8. The highest BCUT2D eigenvalue weighted by atomic mass is 79.9. The molecule has 1 heterocycles. The molecule has 0 saturated carbocycles. The Morgan fingerprint density at radius 3 is 2.70 bits per heavy atom. The number of fused-ring (bicyclic) bond motifs is 1. The van der Waals surface area contributed by atoms with Crippen molar-refractivity contribution in [1.82, 2.24) is 9.55 Å². The summed E-state index contributed by atoms with van der Waals surface area (Å²) in [5.41, 5.74) is 3.91. The van der Waals surface area contributed by atoms with Gasteiger partial charge in [-0.15, -0.1) is 11.6 Å². The first-order valence-corrected chi connectivity index (χ1v) is 7.80. The fourth-order valence-electron chi connectivity index (χ4n) is 2.26. The highest BCUT2D eigenvalue weighted by molar-refractivity contribution is 9.10. The first kappa shape index (κ1) is 13.9. The van der Waals surface area contributed by atoms with E-state index in [0.717, 1.165) is 32.6 Å². The number of hydrogen-bond acceptors (Lipinski definition) is 1. The van der Waals surface area contributed by atoms with Crippen molar-refractivity contribution >= 4 is 50.2 Å². The molecule has 0 radical (unpaired) electrons. The van der Waals surface area contributed by atoms with Gasteiger partial charge in [-0.05, 0) is 42.8 Å². The van der Waals surface area contributed by atoms with E-state index >= 15 is 0 Å². The molecule has 5 heteroatoms. The van der Waals surface area contributed by atoms with Crippen molar-refractivity contribution < 1.29 is 0 Å². The van der Waals surface area contributed by atoms with Gasteiger partial charge in [0.15, 0.2) is 0 Å². The first-order chi connectivity index (χ1) is 9.60. The first-order valence-electron chi connectivity index (χ1n) is 6.09. The smallest absolute Gasteiger partial charge is 0.129 e. The third-order valence-electron chi connectivity index (χ3n) is 3.15. The summed E-state index contributed by atoms with van der Waals surface area (Å²) in [6.07, 6.45) is 0. The highest BCUT2D eigenvalue weighted by Gasteiger charge is 2.14. The van der Waals surface area contributed by atoms with Crippen molar-refractivity contribution in [2.24, 2.45) is 0 Å². The van der Waals surface area contributed by atoms with Crippen LogP contribution in [0, 0.1) is 6.92 Å². The van der Waals surface area contributed by atoms with Gasteiger partial charge in [-0.3, -0.25) is 4.57 Å². The molecular formula is C15H11BrCl2N2. The molecule has 0 saturated heterocycles. The molecule has 0 aliphatic carbocycles. The molecule has 0 bridgehead atoms. The number of nitrogens with zero attached hydrogens (tertiary/aromatic N) is 2. The van der Waals surface area contributed by atoms with E-state index in [9.17, 15) is 0 Å². The lowest BCUT2D eigenvalue weighted by Crippen LogP contribution is -2.00. The Morgan fingerprint density at radius 1 is 1.20 bits per heavy atom. The molecule has 0 N–H and O–H groups in total. The van der Waals surface area contributed by atoms with Crippen LogP contribution < -0.4 is 0 Å². The molecule has 3 aromatic rings. The van der Waals surface area contributed by atoms with Crippen LogP contribution in [0.2, 0.25) is 5.02 Å². The Balaban J connectivity index is 2.34. The van der Waals surface area contributed by atoms with Crippen LogP contribution in [-0.2, 0) is 5.88 Å². The van der Waals surface area contributed by atoms with Crippen LogP contribution in [0.15, 0.2) is 40.9 Å². The molecule has 0 atom stereocenters. The normalized spacial score (nSPS) is 11.2. The maximum atomic E-state index is 6.38. The molecule has 3 rings (SSSR count). The molecule has 2 nitrogen and oxygen atoms in total.